The molecule has 0 radical (unpaired) electrons. The minimum atomic E-state index is 0.188. The lowest BCUT2D eigenvalue weighted by Gasteiger charge is -2.19. The van der Waals surface area contributed by atoms with Crippen molar-refractivity contribution < 1.29 is 5.11 Å². The largest absolute Gasteiger partial charge is 0.395 e. The van der Waals surface area contributed by atoms with Gasteiger partial charge in [-0.25, -0.2) is 0 Å². The Balaban J connectivity index is 1.96. The van der Waals surface area contributed by atoms with Gasteiger partial charge < -0.3 is 10.8 Å². The quantitative estimate of drug-likeness (QED) is 0.726. The summed E-state index contributed by atoms with van der Waals surface area (Å²) in [6.45, 7) is 1.60. The van der Waals surface area contributed by atoms with Crippen LogP contribution < -0.4 is 5.73 Å². The maximum atomic E-state index is 8.90. The Kier molecular flexibility index (Phi) is 2.95. The summed E-state index contributed by atoms with van der Waals surface area (Å²) in [6, 6.07) is 0.614. The summed E-state index contributed by atoms with van der Waals surface area (Å²) in [4.78, 5) is 2.22. The van der Waals surface area contributed by atoms with E-state index in [1.54, 1.807) is 0 Å². The van der Waals surface area contributed by atoms with Crippen molar-refractivity contribution in [3.63, 3.8) is 0 Å². The molecule has 0 atom stereocenters. The summed E-state index contributed by atoms with van der Waals surface area (Å²) in [6.07, 6.45) is 2.44. The SMILES string of the molecule is Nc1snnc1CN(CCO)C1CC1. The molecule has 0 unspecified atom stereocenters. The van der Waals surface area contributed by atoms with Gasteiger partial charge in [0.25, 0.3) is 0 Å². The van der Waals surface area contributed by atoms with Gasteiger partial charge in [0, 0.05) is 30.7 Å². The highest BCUT2D eigenvalue weighted by Crippen LogP contribution is 2.28. The zero-order chi connectivity index (χ0) is 9.97. The second-order valence-corrected chi connectivity index (χ2v) is 4.29. The molecule has 5 nitrogen and oxygen atoms in total. The molecular weight excluding hydrogens is 200 g/mol. The molecule has 0 aliphatic heterocycles. The number of hydrogen-bond donors (Lipinski definition) is 2. The number of aliphatic hydroxyl groups is 1. The Morgan fingerprint density at radius 3 is 2.86 bits per heavy atom. The van der Waals surface area contributed by atoms with Crippen LogP contribution in [0.1, 0.15) is 18.5 Å². The molecule has 0 amide bonds. The number of rotatable bonds is 5. The van der Waals surface area contributed by atoms with E-state index in [1.807, 2.05) is 0 Å². The first-order valence-corrected chi connectivity index (χ1v) is 5.50. The Morgan fingerprint density at radius 2 is 2.36 bits per heavy atom. The van der Waals surface area contributed by atoms with E-state index in [0.29, 0.717) is 24.1 Å². The van der Waals surface area contributed by atoms with Crippen LogP contribution in [0.5, 0.6) is 0 Å². The molecule has 2 rings (SSSR count). The molecule has 0 bridgehead atoms. The van der Waals surface area contributed by atoms with Crippen LogP contribution in [0.3, 0.4) is 0 Å². The summed E-state index contributed by atoms with van der Waals surface area (Å²) < 4.78 is 3.79. The Hall–Kier alpha value is -0.720. The fourth-order valence-corrected chi connectivity index (χ4v) is 1.91. The molecule has 1 aromatic rings. The van der Waals surface area contributed by atoms with Gasteiger partial charge in [0.05, 0.1) is 6.61 Å². The van der Waals surface area contributed by atoms with Gasteiger partial charge in [-0.15, -0.1) is 5.10 Å². The van der Waals surface area contributed by atoms with E-state index in [1.165, 1.54) is 24.4 Å². The van der Waals surface area contributed by atoms with Gasteiger partial charge in [-0.05, 0) is 12.8 Å². The standard InChI is InChI=1S/C8H14N4OS/c9-8-7(10-11-14-8)5-12(3-4-13)6-1-2-6/h6,13H,1-5,9H2. The first-order chi connectivity index (χ1) is 6.81. The third-order valence-corrected chi connectivity index (χ3v) is 2.98. The van der Waals surface area contributed by atoms with Crippen LogP contribution in [0.2, 0.25) is 0 Å². The third-order valence-electron chi connectivity index (χ3n) is 2.39. The molecule has 1 aromatic heterocycles. The lowest BCUT2D eigenvalue weighted by atomic mass is 10.3. The zero-order valence-corrected chi connectivity index (χ0v) is 8.70. The molecule has 0 aromatic carbocycles. The lowest BCUT2D eigenvalue weighted by molar-refractivity contribution is 0.182. The van der Waals surface area contributed by atoms with Gasteiger partial charge in [-0.3, -0.25) is 4.90 Å². The summed E-state index contributed by atoms with van der Waals surface area (Å²) in [7, 11) is 0. The first kappa shape index (κ1) is 9.82. The smallest absolute Gasteiger partial charge is 0.132 e. The van der Waals surface area contributed by atoms with Crippen LogP contribution in [0, 0.1) is 0 Å². The monoisotopic (exact) mass is 214 g/mol. The molecule has 1 fully saturated rings. The van der Waals surface area contributed by atoms with Crippen LogP contribution in [-0.2, 0) is 6.54 Å². The first-order valence-electron chi connectivity index (χ1n) is 4.73. The normalized spacial score (nSPS) is 16.4. The van der Waals surface area contributed by atoms with E-state index >= 15 is 0 Å². The van der Waals surface area contributed by atoms with Crippen LogP contribution in [0.4, 0.5) is 5.00 Å². The number of aromatic nitrogens is 2. The Morgan fingerprint density at radius 1 is 1.57 bits per heavy atom. The van der Waals surface area contributed by atoms with E-state index in [-0.39, 0.29) is 6.61 Å². The average molecular weight is 214 g/mol. The minimum absolute atomic E-state index is 0.188. The van der Waals surface area contributed by atoms with Crippen LogP contribution in [0.15, 0.2) is 0 Å². The highest BCUT2D eigenvalue weighted by Gasteiger charge is 2.29. The van der Waals surface area contributed by atoms with Gasteiger partial charge in [-0.1, -0.05) is 4.49 Å². The molecule has 6 heteroatoms. The number of nitrogen functional groups attached to an aromatic ring is 1. The molecule has 3 N–H and O–H groups in total. The summed E-state index contributed by atoms with van der Waals surface area (Å²) in [5.74, 6) is 0. The van der Waals surface area contributed by atoms with Gasteiger partial charge in [0.1, 0.15) is 10.7 Å². The molecule has 0 spiro atoms. The van der Waals surface area contributed by atoms with Gasteiger partial charge in [0.15, 0.2) is 0 Å². The lowest BCUT2D eigenvalue weighted by Crippen LogP contribution is -2.29. The van der Waals surface area contributed by atoms with E-state index in [4.69, 9.17) is 10.8 Å². The summed E-state index contributed by atoms with van der Waals surface area (Å²) in [5, 5.41) is 13.6. The van der Waals surface area contributed by atoms with Gasteiger partial charge >= 0.3 is 0 Å². The number of aliphatic hydroxyl groups excluding tert-OH is 1. The Bertz CT molecular complexity index is 299. The number of hydrogen-bond acceptors (Lipinski definition) is 6. The van der Waals surface area contributed by atoms with Crippen molar-refractivity contribution >= 4 is 16.5 Å². The van der Waals surface area contributed by atoms with Crippen molar-refractivity contribution in [2.75, 3.05) is 18.9 Å². The third kappa shape index (κ3) is 2.20. The minimum Gasteiger partial charge on any atom is -0.395 e. The van der Waals surface area contributed by atoms with E-state index < -0.39 is 0 Å². The zero-order valence-electron chi connectivity index (χ0n) is 7.89. The molecule has 78 valence electrons. The molecule has 1 aliphatic rings. The number of anilines is 1. The molecule has 1 heterocycles. The van der Waals surface area contributed by atoms with Crippen molar-refractivity contribution in [3.8, 4) is 0 Å². The van der Waals surface area contributed by atoms with Crippen molar-refractivity contribution in [2.45, 2.75) is 25.4 Å². The van der Waals surface area contributed by atoms with E-state index in [9.17, 15) is 0 Å². The predicted octanol–water partition coefficient (Wildman–Crippen LogP) is 0.0770. The topological polar surface area (TPSA) is 75.3 Å². The second-order valence-electron chi connectivity index (χ2n) is 3.51. The fourth-order valence-electron chi connectivity index (χ4n) is 1.48. The highest BCUT2D eigenvalue weighted by atomic mass is 32.1. The molecule has 1 aliphatic carbocycles. The number of nitrogens with zero attached hydrogens (tertiary/aromatic N) is 3. The van der Waals surface area contributed by atoms with Crippen molar-refractivity contribution in [3.05, 3.63) is 5.69 Å². The summed E-state index contributed by atoms with van der Waals surface area (Å²) >= 11 is 1.22. The van der Waals surface area contributed by atoms with Crippen LogP contribution >= 0.6 is 11.5 Å². The van der Waals surface area contributed by atoms with Gasteiger partial charge in [-0.2, -0.15) is 0 Å². The molecule has 14 heavy (non-hydrogen) atoms. The van der Waals surface area contributed by atoms with Crippen molar-refractivity contribution in [1.82, 2.24) is 14.5 Å². The molecular formula is C8H14N4OS. The maximum absolute atomic E-state index is 8.90. The molecule has 0 saturated heterocycles. The second kappa shape index (κ2) is 4.20. The van der Waals surface area contributed by atoms with E-state index in [0.717, 1.165) is 5.69 Å². The van der Waals surface area contributed by atoms with E-state index in [2.05, 4.69) is 14.5 Å². The van der Waals surface area contributed by atoms with Crippen molar-refractivity contribution in [1.29, 1.82) is 0 Å². The van der Waals surface area contributed by atoms with Crippen molar-refractivity contribution in [2.24, 2.45) is 0 Å². The van der Waals surface area contributed by atoms with Crippen LogP contribution in [0.25, 0.3) is 0 Å². The maximum Gasteiger partial charge on any atom is 0.132 e. The van der Waals surface area contributed by atoms with Gasteiger partial charge in [0.2, 0.25) is 0 Å². The Labute approximate surface area is 86.7 Å². The fraction of sp³-hybridized carbons (Fsp3) is 0.750. The average Bonchev–Trinajstić information content (AvgIpc) is 2.93. The number of nitrogens with two attached hydrogens (primary N) is 1. The summed E-state index contributed by atoms with van der Waals surface area (Å²) in [5.41, 5.74) is 6.55. The highest BCUT2D eigenvalue weighted by molar-refractivity contribution is 7.09. The molecule has 1 saturated carbocycles. The predicted molar refractivity (Wildman–Crippen MR) is 54.8 cm³/mol. The van der Waals surface area contributed by atoms with Crippen LogP contribution in [-0.4, -0.2) is 38.8 Å².